The summed E-state index contributed by atoms with van der Waals surface area (Å²) < 4.78 is 4.63. The SMILES string of the molecule is Cc1cc(C#N)ccc1-c1ccc(-n2c3ccccc3c3cc(-c4nc(-c5ccccc5)nc(-c5ccccc5)n4)ccc32)c(-c2ccc(C#N)cc2-n2c3ccccc3c3cc(-c4nc(-c5ccccc5)nc(-c5ccccc5)n4)ccc32)c1. The lowest BCUT2D eigenvalue weighted by molar-refractivity contribution is 1.07. The highest BCUT2D eigenvalue weighted by Gasteiger charge is 2.24. The van der Waals surface area contributed by atoms with Crippen LogP contribution in [0.3, 0.4) is 0 Å². The second kappa shape index (κ2) is 20.8. The minimum absolute atomic E-state index is 0.516. The minimum atomic E-state index is 0.516. The van der Waals surface area contributed by atoms with Gasteiger partial charge in [-0.05, 0) is 109 Å². The molecule has 0 fully saturated rings. The molecule has 0 atom stereocenters. The average molecular weight is 1090 g/mol. The number of rotatable bonds is 10. The van der Waals surface area contributed by atoms with E-state index in [0.29, 0.717) is 46.1 Å². The monoisotopic (exact) mass is 1090 g/mol. The van der Waals surface area contributed by atoms with E-state index in [9.17, 15) is 10.5 Å². The molecule has 4 aromatic heterocycles. The number of hydrogen-bond acceptors (Lipinski definition) is 8. The van der Waals surface area contributed by atoms with Crippen molar-refractivity contribution in [3.05, 3.63) is 278 Å². The number of para-hydroxylation sites is 2. The summed E-state index contributed by atoms with van der Waals surface area (Å²) in [6.07, 6.45) is 0. The zero-order valence-corrected chi connectivity index (χ0v) is 45.8. The number of nitriles is 2. The highest BCUT2D eigenvalue weighted by Crippen LogP contribution is 2.44. The van der Waals surface area contributed by atoms with E-state index in [1.807, 2.05) is 159 Å². The van der Waals surface area contributed by atoms with Crippen molar-refractivity contribution >= 4 is 43.6 Å². The maximum absolute atomic E-state index is 10.8. The molecule has 0 bridgehead atoms. The van der Waals surface area contributed by atoms with Gasteiger partial charge in [0.2, 0.25) is 0 Å². The third-order valence-corrected chi connectivity index (χ3v) is 15.8. The molecule has 0 N–H and O–H groups in total. The number of aryl methyl sites for hydroxylation is 1. The minimum Gasteiger partial charge on any atom is -0.309 e. The number of fused-ring (bicyclic) bond motifs is 6. The van der Waals surface area contributed by atoms with Gasteiger partial charge < -0.3 is 9.13 Å². The van der Waals surface area contributed by atoms with Gasteiger partial charge in [-0.25, -0.2) is 29.9 Å². The first-order chi connectivity index (χ1) is 41.9. The molecule has 0 radical (unpaired) electrons. The Labute approximate surface area is 489 Å². The Bertz CT molecular complexity index is 5100. The highest BCUT2D eigenvalue weighted by molar-refractivity contribution is 6.13. The molecule has 0 aliphatic rings. The summed E-state index contributed by atoms with van der Waals surface area (Å²) >= 11 is 0. The Kier molecular flexibility index (Phi) is 12.3. The molecule has 4 heterocycles. The van der Waals surface area contributed by atoms with Gasteiger partial charge in [-0.1, -0.05) is 176 Å². The molecule has 10 heteroatoms. The molecule has 0 spiro atoms. The number of nitrogens with zero attached hydrogens (tertiary/aromatic N) is 10. The molecule has 85 heavy (non-hydrogen) atoms. The van der Waals surface area contributed by atoms with Crippen molar-refractivity contribution in [1.29, 1.82) is 10.5 Å². The number of benzene rings is 11. The van der Waals surface area contributed by atoms with Crippen molar-refractivity contribution in [2.75, 3.05) is 0 Å². The Morgan fingerprint density at radius 3 is 1.07 bits per heavy atom. The van der Waals surface area contributed by atoms with Gasteiger partial charge in [0.15, 0.2) is 34.9 Å². The third kappa shape index (κ3) is 8.91. The molecule has 0 aliphatic carbocycles. The molecule has 0 unspecified atom stereocenters. The lowest BCUT2D eigenvalue weighted by Crippen LogP contribution is -2.03. The van der Waals surface area contributed by atoms with Crippen LogP contribution in [0.15, 0.2) is 261 Å². The predicted octanol–water partition coefficient (Wildman–Crippen LogP) is 17.6. The molecule has 15 rings (SSSR count). The molecule has 0 saturated carbocycles. The van der Waals surface area contributed by atoms with Crippen molar-refractivity contribution in [2.24, 2.45) is 0 Å². The lowest BCUT2D eigenvalue weighted by atomic mass is 9.92. The first-order valence-electron chi connectivity index (χ1n) is 28.0. The molecule has 0 aliphatic heterocycles. The van der Waals surface area contributed by atoms with Gasteiger partial charge in [0.1, 0.15) is 0 Å². The molecule has 0 saturated heterocycles. The molecule has 10 nitrogen and oxygen atoms in total. The van der Waals surface area contributed by atoms with Crippen LogP contribution in [-0.2, 0) is 0 Å². The van der Waals surface area contributed by atoms with E-state index in [2.05, 4.69) is 130 Å². The van der Waals surface area contributed by atoms with Gasteiger partial charge in [-0.15, -0.1) is 0 Å². The largest absolute Gasteiger partial charge is 0.309 e. The van der Waals surface area contributed by atoms with Crippen LogP contribution in [0.5, 0.6) is 0 Å². The molecule has 0 amide bonds. The van der Waals surface area contributed by atoms with Crippen molar-refractivity contribution in [3.8, 4) is 114 Å². The van der Waals surface area contributed by atoms with Gasteiger partial charge in [0.05, 0.1) is 56.7 Å². The topological polar surface area (TPSA) is 135 Å². The fourth-order valence-electron chi connectivity index (χ4n) is 11.8. The summed E-state index contributed by atoms with van der Waals surface area (Å²) in [7, 11) is 0. The van der Waals surface area contributed by atoms with Gasteiger partial charge in [-0.3, -0.25) is 0 Å². The van der Waals surface area contributed by atoms with Crippen LogP contribution in [0.4, 0.5) is 0 Å². The molecule has 11 aromatic carbocycles. The first kappa shape index (κ1) is 50.0. The summed E-state index contributed by atoms with van der Waals surface area (Å²) in [6.45, 7) is 2.05. The fourth-order valence-corrected chi connectivity index (χ4v) is 11.8. The van der Waals surface area contributed by atoms with E-state index in [1.165, 1.54) is 0 Å². The quantitative estimate of drug-likeness (QED) is 0.132. The third-order valence-electron chi connectivity index (χ3n) is 15.8. The second-order valence-corrected chi connectivity index (χ2v) is 21.0. The number of aromatic nitrogens is 8. The normalized spacial score (nSPS) is 11.3. The van der Waals surface area contributed by atoms with Crippen molar-refractivity contribution in [3.63, 3.8) is 0 Å². The molecule has 396 valence electrons. The standard InChI is InChI=1S/C75H46N10/c1-47-40-48(45-76)30-35-57(47)54-32-37-66(84-64-28-16-14-26-58(64)62-43-55(33-38-67(62)84)74-80-70(50-18-6-2-7-19-50)78-71(81-74)51-20-8-3-9-21-51)61(42-54)60-36-31-49(46-77)41-69(60)85-65-29-17-15-27-59(65)63-44-56(34-39-68(63)85)75-82-72(52-22-10-4-11-23-52)79-73(83-75)53-24-12-5-13-25-53/h2-44H,1H3. The second-order valence-electron chi connectivity index (χ2n) is 21.0. The number of hydrogen-bond donors (Lipinski definition) is 0. The zero-order chi connectivity index (χ0) is 57.0. The van der Waals surface area contributed by atoms with Crippen LogP contribution < -0.4 is 0 Å². The van der Waals surface area contributed by atoms with E-state index < -0.39 is 0 Å². The van der Waals surface area contributed by atoms with Crippen molar-refractivity contribution in [1.82, 2.24) is 39.0 Å². The van der Waals surface area contributed by atoms with E-state index in [4.69, 9.17) is 29.9 Å². The first-order valence-corrected chi connectivity index (χ1v) is 28.0. The van der Waals surface area contributed by atoms with Crippen LogP contribution in [0, 0.1) is 29.6 Å². The summed E-state index contributed by atoms with van der Waals surface area (Å²) in [5.41, 5.74) is 16.8. The Morgan fingerprint density at radius 1 is 0.271 bits per heavy atom. The Balaban J connectivity index is 0.948. The average Bonchev–Trinajstić information content (AvgIpc) is 2.58. The van der Waals surface area contributed by atoms with Crippen LogP contribution >= 0.6 is 0 Å². The smallest absolute Gasteiger partial charge is 0.164 e. The molecule has 15 aromatic rings. The van der Waals surface area contributed by atoms with Crippen molar-refractivity contribution < 1.29 is 0 Å². The summed E-state index contributed by atoms with van der Waals surface area (Å²) in [5, 5.41) is 24.8. The van der Waals surface area contributed by atoms with E-state index in [-0.39, 0.29) is 0 Å². The van der Waals surface area contributed by atoms with Gasteiger partial charge in [-0.2, -0.15) is 10.5 Å². The summed E-state index contributed by atoms with van der Waals surface area (Å²) in [5.74, 6) is 3.47. The summed E-state index contributed by atoms with van der Waals surface area (Å²) in [6, 6.07) is 93.1. The Hall–Kier alpha value is -12.0. The fraction of sp³-hybridized carbons (Fsp3) is 0.0133. The highest BCUT2D eigenvalue weighted by atomic mass is 15.1. The summed E-state index contributed by atoms with van der Waals surface area (Å²) in [4.78, 5) is 30.4. The van der Waals surface area contributed by atoms with Crippen LogP contribution in [0.2, 0.25) is 0 Å². The van der Waals surface area contributed by atoms with Gasteiger partial charge >= 0.3 is 0 Å². The maximum atomic E-state index is 10.8. The Morgan fingerprint density at radius 2 is 0.635 bits per heavy atom. The molecular formula is C75H46N10. The van der Waals surface area contributed by atoms with Crippen LogP contribution in [0.25, 0.3) is 146 Å². The lowest BCUT2D eigenvalue weighted by Gasteiger charge is -2.20. The predicted molar refractivity (Wildman–Crippen MR) is 340 cm³/mol. The van der Waals surface area contributed by atoms with E-state index >= 15 is 0 Å². The van der Waals surface area contributed by atoms with Crippen molar-refractivity contribution in [2.45, 2.75) is 6.92 Å². The van der Waals surface area contributed by atoms with Gasteiger partial charge in [0.25, 0.3) is 0 Å². The van der Waals surface area contributed by atoms with Crippen LogP contribution in [-0.4, -0.2) is 39.0 Å². The van der Waals surface area contributed by atoms with Gasteiger partial charge in [0, 0.05) is 66.1 Å². The van der Waals surface area contributed by atoms with E-state index in [1.54, 1.807) is 0 Å². The maximum Gasteiger partial charge on any atom is 0.164 e. The van der Waals surface area contributed by atoms with E-state index in [0.717, 1.165) is 116 Å². The van der Waals surface area contributed by atoms with Crippen LogP contribution in [0.1, 0.15) is 16.7 Å². The zero-order valence-electron chi connectivity index (χ0n) is 45.8. The molecular weight excluding hydrogens is 1040 g/mol.